The fourth-order valence-electron chi connectivity index (χ4n) is 5.46. The number of aromatic nitrogens is 1. The van der Waals surface area contributed by atoms with E-state index in [2.05, 4.69) is 119 Å². The highest BCUT2D eigenvalue weighted by Gasteiger charge is 2.28. The fourth-order valence-corrected chi connectivity index (χ4v) is 5.46. The molecule has 33 heavy (non-hydrogen) atoms. The minimum Gasteiger partial charge on any atom is -0.200 e. The summed E-state index contributed by atoms with van der Waals surface area (Å²) in [4.78, 5) is 0. The summed E-state index contributed by atoms with van der Waals surface area (Å²) in [6, 6.07) is 24.6. The molecule has 0 radical (unpaired) electrons. The molecule has 3 aromatic carbocycles. The molecule has 0 amide bonds. The van der Waals surface area contributed by atoms with Crippen LogP contribution in [0.5, 0.6) is 0 Å². The van der Waals surface area contributed by atoms with E-state index in [1.54, 1.807) is 0 Å². The Morgan fingerprint density at radius 1 is 0.758 bits per heavy atom. The van der Waals surface area contributed by atoms with E-state index in [-0.39, 0.29) is 5.41 Å². The summed E-state index contributed by atoms with van der Waals surface area (Å²) < 4.78 is 2.34. The van der Waals surface area contributed by atoms with Crippen LogP contribution >= 0.6 is 0 Å². The SMILES string of the molecule is Cc1cccc2c1Cc1c-2ccc(C)c1-c1cc(CC(C)(C)C)c(-c2ccccc2)c[n+]1C. The summed E-state index contributed by atoms with van der Waals surface area (Å²) in [5, 5.41) is 0. The van der Waals surface area contributed by atoms with Crippen LogP contribution in [0.4, 0.5) is 0 Å². The van der Waals surface area contributed by atoms with Crippen LogP contribution < -0.4 is 4.57 Å². The van der Waals surface area contributed by atoms with Crippen molar-refractivity contribution in [1.29, 1.82) is 0 Å². The Balaban J connectivity index is 1.73. The molecule has 0 saturated heterocycles. The van der Waals surface area contributed by atoms with Crippen molar-refractivity contribution in [3.05, 3.63) is 101 Å². The van der Waals surface area contributed by atoms with Crippen molar-refractivity contribution in [2.24, 2.45) is 12.5 Å². The van der Waals surface area contributed by atoms with Gasteiger partial charge in [-0.25, -0.2) is 4.57 Å². The van der Waals surface area contributed by atoms with Crippen molar-refractivity contribution in [2.45, 2.75) is 47.5 Å². The molecule has 4 aromatic rings. The highest BCUT2D eigenvalue weighted by Crippen LogP contribution is 2.44. The average molecular weight is 433 g/mol. The number of rotatable bonds is 3. The van der Waals surface area contributed by atoms with Crippen molar-refractivity contribution < 1.29 is 4.57 Å². The third-order valence-corrected chi connectivity index (χ3v) is 7.00. The molecule has 1 heterocycles. The predicted octanol–water partition coefficient (Wildman–Crippen LogP) is 7.62. The van der Waals surface area contributed by atoms with Gasteiger partial charge in [0.2, 0.25) is 5.69 Å². The van der Waals surface area contributed by atoms with E-state index in [1.165, 1.54) is 61.3 Å². The van der Waals surface area contributed by atoms with Gasteiger partial charge in [0, 0.05) is 11.6 Å². The molecule has 0 saturated carbocycles. The summed E-state index contributed by atoms with van der Waals surface area (Å²) in [6.07, 6.45) is 4.40. The van der Waals surface area contributed by atoms with Gasteiger partial charge in [0.25, 0.3) is 0 Å². The Bertz CT molecular complexity index is 1350. The van der Waals surface area contributed by atoms with Crippen LogP contribution in [0.15, 0.2) is 72.9 Å². The normalized spacial score (nSPS) is 12.5. The van der Waals surface area contributed by atoms with Gasteiger partial charge < -0.3 is 0 Å². The van der Waals surface area contributed by atoms with Gasteiger partial charge in [-0.15, -0.1) is 0 Å². The second kappa shape index (κ2) is 7.99. The summed E-state index contributed by atoms with van der Waals surface area (Å²) in [5.41, 5.74) is 15.5. The maximum Gasteiger partial charge on any atom is 0.213 e. The molecule has 5 rings (SSSR count). The molecule has 0 atom stereocenters. The zero-order valence-electron chi connectivity index (χ0n) is 20.8. The zero-order chi connectivity index (χ0) is 23.3. The molecule has 0 spiro atoms. The molecule has 0 bridgehead atoms. The standard InChI is InChI=1S/C32H34N/c1-21-11-10-14-25-26-16-15-22(2)31(28(26)18-27(21)25)30-17-24(19-32(3,4)5)29(20-33(30)6)23-12-8-7-9-13-23/h7-17,20H,18-19H2,1-6H3/q+1. The van der Waals surface area contributed by atoms with E-state index in [0.29, 0.717) is 0 Å². The third kappa shape index (κ3) is 3.91. The van der Waals surface area contributed by atoms with Gasteiger partial charge in [-0.3, -0.25) is 0 Å². The molecule has 0 unspecified atom stereocenters. The first kappa shape index (κ1) is 21.6. The first-order chi connectivity index (χ1) is 15.7. The summed E-state index contributed by atoms with van der Waals surface area (Å²) in [7, 11) is 2.20. The Labute approximate surface area is 198 Å². The number of hydrogen-bond acceptors (Lipinski definition) is 0. The Kier molecular flexibility index (Phi) is 5.24. The minimum absolute atomic E-state index is 0.210. The van der Waals surface area contributed by atoms with Gasteiger partial charge in [-0.05, 0) is 76.6 Å². The fraction of sp³-hybridized carbons (Fsp3) is 0.281. The summed E-state index contributed by atoms with van der Waals surface area (Å²) in [5.74, 6) is 0. The van der Waals surface area contributed by atoms with E-state index in [4.69, 9.17) is 0 Å². The highest BCUT2D eigenvalue weighted by molar-refractivity contribution is 5.86. The quantitative estimate of drug-likeness (QED) is 0.258. The van der Waals surface area contributed by atoms with E-state index >= 15 is 0 Å². The second-order valence-corrected chi connectivity index (χ2v) is 10.9. The van der Waals surface area contributed by atoms with Crippen LogP contribution in [0.1, 0.15) is 48.6 Å². The van der Waals surface area contributed by atoms with E-state index in [1.807, 2.05) is 0 Å². The van der Waals surface area contributed by atoms with Gasteiger partial charge in [0.05, 0.1) is 5.56 Å². The number of pyridine rings is 1. The topological polar surface area (TPSA) is 3.88 Å². The first-order valence-electron chi connectivity index (χ1n) is 12.0. The molecule has 1 nitrogen and oxygen atoms in total. The summed E-state index contributed by atoms with van der Waals surface area (Å²) in [6.45, 7) is 11.5. The predicted molar refractivity (Wildman–Crippen MR) is 139 cm³/mol. The van der Waals surface area contributed by atoms with E-state index in [9.17, 15) is 0 Å². The largest absolute Gasteiger partial charge is 0.213 e. The molecular weight excluding hydrogens is 398 g/mol. The number of benzene rings is 3. The third-order valence-electron chi connectivity index (χ3n) is 7.00. The lowest BCUT2D eigenvalue weighted by Crippen LogP contribution is -2.32. The Hall–Kier alpha value is -3.19. The molecule has 1 aliphatic carbocycles. The van der Waals surface area contributed by atoms with Crippen molar-refractivity contribution in [3.63, 3.8) is 0 Å². The van der Waals surface area contributed by atoms with Crippen LogP contribution in [-0.2, 0) is 19.9 Å². The molecule has 0 aliphatic heterocycles. The van der Waals surface area contributed by atoms with Crippen molar-refractivity contribution >= 4 is 0 Å². The number of aryl methyl sites for hydroxylation is 3. The van der Waals surface area contributed by atoms with Gasteiger partial charge in [-0.2, -0.15) is 0 Å². The lowest BCUT2D eigenvalue weighted by Gasteiger charge is -2.21. The maximum absolute atomic E-state index is 2.46. The molecule has 0 N–H and O–H groups in total. The number of fused-ring (bicyclic) bond motifs is 3. The smallest absolute Gasteiger partial charge is 0.200 e. The van der Waals surface area contributed by atoms with Gasteiger partial charge in [-0.1, -0.05) is 81.4 Å². The van der Waals surface area contributed by atoms with Crippen LogP contribution in [0, 0.1) is 19.3 Å². The monoisotopic (exact) mass is 432 g/mol. The molecule has 1 aliphatic rings. The Morgan fingerprint density at radius 3 is 2.21 bits per heavy atom. The second-order valence-electron chi connectivity index (χ2n) is 10.9. The number of hydrogen-bond donors (Lipinski definition) is 0. The van der Waals surface area contributed by atoms with Crippen LogP contribution in [0.25, 0.3) is 33.5 Å². The van der Waals surface area contributed by atoms with Crippen LogP contribution in [0.2, 0.25) is 0 Å². The first-order valence-corrected chi connectivity index (χ1v) is 12.0. The molecule has 166 valence electrons. The Morgan fingerprint density at radius 2 is 1.48 bits per heavy atom. The zero-order valence-corrected chi connectivity index (χ0v) is 20.8. The molecule has 1 aromatic heterocycles. The molecule has 0 fully saturated rings. The van der Waals surface area contributed by atoms with Crippen LogP contribution in [0.3, 0.4) is 0 Å². The van der Waals surface area contributed by atoms with Gasteiger partial charge >= 0.3 is 0 Å². The van der Waals surface area contributed by atoms with Crippen molar-refractivity contribution in [1.82, 2.24) is 0 Å². The molecule has 1 heteroatoms. The lowest BCUT2D eigenvalue weighted by molar-refractivity contribution is -0.660. The lowest BCUT2D eigenvalue weighted by atomic mass is 9.84. The van der Waals surface area contributed by atoms with Crippen molar-refractivity contribution in [2.75, 3.05) is 0 Å². The van der Waals surface area contributed by atoms with E-state index < -0.39 is 0 Å². The summed E-state index contributed by atoms with van der Waals surface area (Å²) >= 11 is 0. The van der Waals surface area contributed by atoms with Crippen LogP contribution in [-0.4, -0.2) is 0 Å². The molecular formula is C32H34N+. The minimum atomic E-state index is 0.210. The number of nitrogens with zero attached hydrogens (tertiary/aromatic N) is 1. The average Bonchev–Trinajstić information content (AvgIpc) is 3.15. The maximum atomic E-state index is 2.46. The van der Waals surface area contributed by atoms with Crippen molar-refractivity contribution in [3.8, 4) is 33.5 Å². The highest BCUT2D eigenvalue weighted by atomic mass is 14.9. The van der Waals surface area contributed by atoms with E-state index in [0.717, 1.165) is 12.8 Å². The van der Waals surface area contributed by atoms with Gasteiger partial charge in [0.15, 0.2) is 6.20 Å². The van der Waals surface area contributed by atoms with Gasteiger partial charge in [0.1, 0.15) is 7.05 Å².